The molecule has 0 unspecified atom stereocenters. The van der Waals surface area contributed by atoms with Gasteiger partial charge in [0.2, 0.25) is 0 Å². The molecular formula is C8H10NO. The minimum atomic E-state index is 0.134. The van der Waals surface area contributed by atoms with E-state index in [0.29, 0.717) is 0 Å². The third kappa shape index (κ3) is 2.15. The van der Waals surface area contributed by atoms with Crippen molar-refractivity contribution >= 4 is 0 Å². The van der Waals surface area contributed by atoms with E-state index in [-0.39, 0.29) is 6.61 Å². The van der Waals surface area contributed by atoms with E-state index in [9.17, 15) is 0 Å². The van der Waals surface area contributed by atoms with Crippen LogP contribution in [0.1, 0.15) is 5.56 Å². The Morgan fingerprint density at radius 2 is 2.50 bits per heavy atom. The number of rotatable bonds is 3. The van der Waals surface area contributed by atoms with Crippen LogP contribution in [0.2, 0.25) is 0 Å². The minimum absolute atomic E-state index is 0.134. The average molecular weight is 136 g/mol. The van der Waals surface area contributed by atoms with Crippen molar-refractivity contribution in [1.82, 2.24) is 4.98 Å². The Bertz CT molecular complexity index is 174. The normalized spacial score (nSPS) is 9.70. The van der Waals surface area contributed by atoms with Crippen LogP contribution < -0.4 is 0 Å². The van der Waals surface area contributed by atoms with Gasteiger partial charge in [-0.2, -0.15) is 0 Å². The van der Waals surface area contributed by atoms with Crippen molar-refractivity contribution in [2.75, 3.05) is 6.61 Å². The van der Waals surface area contributed by atoms with Gasteiger partial charge in [0, 0.05) is 19.0 Å². The molecule has 0 saturated carbocycles. The zero-order chi connectivity index (χ0) is 7.23. The maximum atomic E-state index is 8.45. The number of aliphatic hydroxyl groups excluding tert-OH is 1. The second-order valence-corrected chi connectivity index (χ2v) is 2.04. The fourth-order valence-corrected chi connectivity index (χ4v) is 0.750. The Balaban J connectivity index is 2.43. The fourth-order valence-electron chi connectivity index (χ4n) is 0.750. The zero-order valence-corrected chi connectivity index (χ0v) is 5.70. The van der Waals surface area contributed by atoms with Crippen molar-refractivity contribution in [2.45, 2.75) is 6.42 Å². The van der Waals surface area contributed by atoms with E-state index in [1.54, 1.807) is 18.8 Å². The Labute approximate surface area is 60.5 Å². The molecule has 0 saturated heterocycles. The van der Waals surface area contributed by atoms with Gasteiger partial charge in [0.25, 0.3) is 0 Å². The van der Waals surface area contributed by atoms with E-state index in [1.807, 2.05) is 12.1 Å². The van der Waals surface area contributed by atoms with Gasteiger partial charge in [-0.05, 0) is 24.5 Å². The summed E-state index contributed by atoms with van der Waals surface area (Å²) in [5.74, 6) is 0. The summed E-state index contributed by atoms with van der Waals surface area (Å²) in [5.41, 5.74) is 1.14. The molecule has 0 atom stereocenters. The van der Waals surface area contributed by atoms with Gasteiger partial charge in [-0.3, -0.25) is 4.98 Å². The van der Waals surface area contributed by atoms with Gasteiger partial charge in [0.1, 0.15) is 0 Å². The van der Waals surface area contributed by atoms with E-state index in [1.165, 1.54) is 0 Å². The van der Waals surface area contributed by atoms with Gasteiger partial charge in [-0.25, -0.2) is 0 Å². The Hall–Kier alpha value is -0.890. The number of hydrogen-bond acceptors (Lipinski definition) is 2. The van der Waals surface area contributed by atoms with Crippen LogP contribution in [0.3, 0.4) is 0 Å². The maximum absolute atomic E-state index is 8.45. The van der Waals surface area contributed by atoms with E-state index in [0.717, 1.165) is 12.0 Å². The molecule has 1 rings (SSSR count). The smallest absolute Gasteiger partial charge is 0.0466 e. The lowest BCUT2D eigenvalue weighted by Gasteiger charge is -1.95. The molecule has 2 nitrogen and oxygen atoms in total. The Kier molecular flexibility index (Phi) is 2.90. The maximum Gasteiger partial charge on any atom is 0.0466 e. The van der Waals surface area contributed by atoms with Crippen LogP contribution in [0.5, 0.6) is 0 Å². The van der Waals surface area contributed by atoms with E-state index >= 15 is 0 Å². The van der Waals surface area contributed by atoms with E-state index < -0.39 is 0 Å². The molecule has 0 spiro atoms. The summed E-state index contributed by atoms with van der Waals surface area (Å²) in [7, 11) is 0. The van der Waals surface area contributed by atoms with Crippen LogP contribution in [0.4, 0.5) is 0 Å². The van der Waals surface area contributed by atoms with Crippen LogP contribution in [0.15, 0.2) is 24.5 Å². The number of aliphatic hydroxyl groups is 1. The molecule has 0 fully saturated rings. The van der Waals surface area contributed by atoms with Gasteiger partial charge < -0.3 is 5.11 Å². The Morgan fingerprint density at radius 3 is 3.10 bits per heavy atom. The molecule has 0 aromatic carbocycles. The molecule has 0 bridgehead atoms. The van der Waals surface area contributed by atoms with Crippen LogP contribution in [-0.4, -0.2) is 16.7 Å². The summed E-state index contributed by atoms with van der Waals surface area (Å²) in [6.07, 6.45) is 6.13. The van der Waals surface area contributed by atoms with Crippen molar-refractivity contribution < 1.29 is 5.11 Å². The quantitative estimate of drug-likeness (QED) is 0.667. The second-order valence-electron chi connectivity index (χ2n) is 2.04. The standard InChI is InChI=1S/C8H10NO/c10-6-2-4-8-3-1-5-9-7-8/h1-3,5,7,10H,4,6H2. The highest BCUT2D eigenvalue weighted by molar-refractivity contribution is 5.10. The lowest BCUT2D eigenvalue weighted by Crippen LogP contribution is -1.90. The number of aromatic nitrogens is 1. The predicted molar refractivity (Wildman–Crippen MR) is 39.3 cm³/mol. The van der Waals surface area contributed by atoms with Crippen LogP contribution in [-0.2, 0) is 6.42 Å². The topological polar surface area (TPSA) is 33.1 Å². The molecule has 2 heteroatoms. The molecule has 1 N–H and O–H groups in total. The SMILES string of the molecule is OC[CH]Cc1cccnc1. The number of hydrogen-bond donors (Lipinski definition) is 1. The van der Waals surface area contributed by atoms with E-state index in [4.69, 9.17) is 5.11 Å². The lowest BCUT2D eigenvalue weighted by molar-refractivity contribution is 0.325. The van der Waals surface area contributed by atoms with Gasteiger partial charge in [-0.15, -0.1) is 0 Å². The first-order valence-corrected chi connectivity index (χ1v) is 3.25. The first-order valence-electron chi connectivity index (χ1n) is 3.25. The zero-order valence-electron chi connectivity index (χ0n) is 5.70. The summed E-state index contributed by atoms with van der Waals surface area (Å²) < 4.78 is 0. The van der Waals surface area contributed by atoms with Crippen molar-refractivity contribution in [3.05, 3.63) is 36.5 Å². The van der Waals surface area contributed by atoms with Crippen molar-refractivity contribution in [3.8, 4) is 0 Å². The second kappa shape index (κ2) is 4.01. The van der Waals surface area contributed by atoms with E-state index in [2.05, 4.69) is 4.98 Å². The summed E-state index contributed by atoms with van der Waals surface area (Å²) in [4.78, 5) is 3.94. The molecule has 0 aliphatic carbocycles. The molecule has 10 heavy (non-hydrogen) atoms. The molecule has 1 aromatic heterocycles. The van der Waals surface area contributed by atoms with Gasteiger partial charge in [-0.1, -0.05) is 6.07 Å². The molecule has 0 aliphatic heterocycles. The molecular weight excluding hydrogens is 126 g/mol. The summed E-state index contributed by atoms with van der Waals surface area (Å²) in [5, 5.41) is 8.45. The molecule has 1 radical (unpaired) electrons. The molecule has 1 aromatic rings. The largest absolute Gasteiger partial charge is 0.396 e. The number of nitrogens with zero attached hydrogens (tertiary/aromatic N) is 1. The Morgan fingerprint density at radius 1 is 1.60 bits per heavy atom. The summed E-state index contributed by atoms with van der Waals surface area (Å²) in [6, 6.07) is 3.87. The number of pyridine rings is 1. The molecule has 1 heterocycles. The minimum Gasteiger partial charge on any atom is -0.396 e. The highest BCUT2D eigenvalue weighted by atomic mass is 16.2. The summed E-state index contributed by atoms with van der Waals surface area (Å²) in [6.45, 7) is 0.134. The van der Waals surface area contributed by atoms with Crippen LogP contribution in [0, 0.1) is 6.42 Å². The first kappa shape index (κ1) is 7.22. The third-order valence-corrected chi connectivity index (χ3v) is 1.23. The highest BCUT2D eigenvalue weighted by Gasteiger charge is 1.89. The molecule has 53 valence electrons. The van der Waals surface area contributed by atoms with Gasteiger partial charge in [0.05, 0.1) is 0 Å². The van der Waals surface area contributed by atoms with Crippen molar-refractivity contribution in [1.29, 1.82) is 0 Å². The summed E-state index contributed by atoms with van der Waals surface area (Å²) >= 11 is 0. The van der Waals surface area contributed by atoms with Crippen LogP contribution in [0.25, 0.3) is 0 Å². The van der Waals surface area contributed by atoms with Crippen LogP contribution >= 0.6 is 0 Å². The monoisotopic (exact) mass is 136 g/mol. The third-order valence-electron chi connectivity index (χ3n) is 1.23. The lowest BCUT2D eigenvalue weighted by atomic mass is 10.2. The molecule has 0 aliphatic rings. The predicted octanol–water partition coefficient (Wildman–Crippen LogP) is 0.821. The van der Waals surface area contributed by atoms with Gasteiger partial charge >= 0.3 is 0 Å². The molecule has 0 amide bonds. The average Bonchev–Trinajstić information content (AvgIpc) is 2.03. The van der Waals surface area contributed by atoms with Crippen molar-refractivity contribution in [2.24, 2.45) is 0 Å². The first-order chi connectivity index (χ1) is 4.93. The fraction of sp³-hybridized carbons (Fsp3) is 0.250. The van der Waals surface area contributed by atoms with Crippen molar-refractivity contribution in [3.63, 3.8) is 0 Å². The highest BCUT2D eigenvalue weighted by Crippen LogP contribution is 1.97. The van der Waals surface area contributed by atoms with Gasteiger partial charge in [0.15, 0.2) is 0 Å².